The van der Waals surface area contributed by atoms with Crippen molar-refractivity contribution in [2.45, 2.75) is 38.8 Å². The van der Waals surface area contributed by atoms with Crippen molar-refractivity contribution in [3.63, 3.8) is 0 Å². The first kappa shape index (κ1) is 17.8. The van der Waals surface area contributed by atoms with E-state index in [2.05, 4.69) is 79.4 Å². The van der Waals surface area contributed by atoms with Crippen molar-refractivity contribution in [2.24, 2.45) is 0 Å². The van der Waals surface area contributed by atoms with Gasteiger partial charge in [0.15, 0.2) is 0 Å². The molecule has 0 radical (unpaired) electrons. The molecular formula is C25H27NO. The van der Waals surface area contributed by atoms with Gasteiger partial charge in [0.1, 0.15) is 5.75 Å². The predicted octanol–water partition coefficient (Wildman–Crippen LogP) is 5.66. The van der Waals surface area contributed by atoms with Gasteiger partial charge in [-0.3, -0.25) is 4.90 Å². The van der Waals surface area contributed by atoms with Crippen LogP contribution in [0.2, 0.25) is 0 Å². The van der Waals surface area contributed by atoms with E-state index >= 15 is 0 Å². The quantitative estimate of drug-likeness (QED) is 0.651. The number of nitrogens with zero attached hydrogens (tertiary/aromatic N) is 1. The van der Waals surface area contributed by atoms with Gasteiger partial charge in [-0.05, 0) is 52.3 Å². The standard InChI is InChI=1S/C25H27NO/c1-18(2)20-8-10-21(11-9-20)25-24-13-12-23(27)16-22(24)14-15-26(25)17-19-6-4-3-5-7-19/h3-13,16,18,25,27H,14-15,17H2,1-2H3/t25-/m1/s1. The van der Waals surface area contributed by atoms with E-state index in [0.29, 0.717) is 11.7 Å². The normalized spacial score (nSPS) is 17.1. The molecule has 1 N–H and O–H groups in total. The lowest BCUT2D eigenvalue weighted by Crippen LogP contribution is -2.35. The van der Waals surface area contributed by atoms with Crippen molar-refractivity contribution in [3.05, 3.63) is 101 Å². The fourth-order valence-corrected chi connectivity index (χ4v) is 4.11. The van der Waals surface area contributed by atoms with Crippen molar-refractivity contribution < 1.29 is 5.11 Å². The number of phenols is 1. The summed E-state index contributed by atoms with van der Waals surface area (Å²) in [5, 5.41) is 9.93. The second-order valence-corrected chi connectivity index (χ2v) is 7.81. The van der Waals surface area contributed by atoms with Gasteiger partial charge >= 0.3 is 0 Å². The average molecular weight is 357 g/mol. The molecule has 0 amide bonds. The van der Waals surface area contributed by atoms with Gasteiger partial charge < -0.3 is 5.11 Å². The predicted molar refractivity (Wildman–Crippen MR) is 111 cm³/mol. The highest BCUT2D eigenvalue weighted by Gasteiger charge is 2.29. The highest BCUT2D eigenvalue weighted by atomic mass is 16.3. The molecule has 0 fully saturated rings. The third-order valence-electron chi connectivity index (χ3n) is 5.60. The van der Waals surface area contributed by atoms with Crippen LogP contribution in [0.3, 0.4) is 0 Å². The molecule has 3 aromatic carbocycles. The maximum atomic E-state index is 9.93. The highest BCUT2D eigenvalue weighted by molar-refractivity contribution is 5.44. The Labute approximate surface area is 162 Å². The second kappa shape index (κ2) is 7.58. The van der Waals surface area contributed by atoms with E-state index < -0.39 is 0 Å². The molecule has 2 nitrogen and oxygen atoms in total. The van der Waals surface area contributed by atoms with Crippen LogP contribution < -0.4 is 0 Å². The number of hydrogen-bond acceptors (Lipinski definition) is 2. The van der Waals surface area contributed by atoms with Gasteiger partial charge in [0.25, 0.3) is 0 Å². The zero-order valence-electron chi connectivity index (χ0n) is 16.1. The Balaban J connectivity index is 1.73. The third kappa shape index (κ3) is 3.77. The highest BCUT2D eigenvalue weighted by Crippen LogP contribution is 2.37. The lowest BCUT2D eigenvalue weighted by atomic mass is 9.87. The second-order valence-electron chi connectivity index (χ2n) is 7.81. The van der Waals surface area contributed by atoms with Crippen LogP contribution in [0.4, 0.5) is 0 Å². The largest absolute Gasteiger partial charge is 0.508 e. The van der Waals surface area contributed by atoms with Gasteiger partial charge in [0.05, 0.1) is 6.04 Å². The van der Waals surface area contributed by atoms with Gasteiger partial charge in [0.2, 0.25) is 0 Å². The molecule has 1 heterocycles. The molecule has 27 heavy (non-hydrogen) atoms. The van der Waals surface area contributed by atoms with Crippen LogP contribution in [0, 0.1) is 0 Å². The Hall–Kier alpha value is -2.58. The molecular weight excluding hydrogens is 330 g/mol. The fourth-order valence-electron chi connectivity index (χ4n) is 4.11. The van der Waals surface area contributed by atoms with Gasteiger partial charge in [-0.1, -0.05) is 74.5 Å². The third-order valence-corrected chi connectivity index (χ3v) is 5.60. The number of phenolic OH excluding ortho intramolecular Hbond substituents is 1. The maximum absolute atomic E-state index is 9.93. The smallest absolute Gasteiger partial charge is 0.115 e. The van der Waals surface area contributed by atoms with Gasteiger partial charge in [-0.2, -0.15) is 0 Å². The van der Waals surface area contributed by atoms with E-state index in [9.17, 15) is 5.11 Å². The molecule has 138 valence electrons. The van der Waals surface area contributed by atoms with Crippen molar-refractivity contribution in [2.75, 3.05) is 6.54 Å². The summed E-state index contributed by atoms with van der Waals surface area (Å²) in [7, 11) is 0. The molecule has 2 heteroatoms. The number of fused-ring (bicyclic) bond motifs is 1. The Bertz CT molecular complexity index is 899. The molecule has 1 aliphatic rings. The summed E-state index contributed by atoms with van der Waals surface area (Å²) in [6.45, 7) is 6.38. The molecule has 0 saturated heterocycles. The molecule has 1 atom stereocenters. The molecule has 0 aromatic heterocycles. The lowest BCUT2D eigenvalue weighted by Gasteiger charge is -2.38. The first-order chi connectivity index (χ1) is 13.1. The van der Waals surface area contributed by atoms with Crippen LogP contribution in [0.15, 0.2) is 72.8 Å². The van der Waals surface area contributed by atoms with Gasteiger partial charge in [-0.25, -0.2) is 0 Å². The minimum atomic E-state index is 0.218. The molecule has 1 aliphatic heterocycles. The SMILES string of the molecule is CC(C)c1ccc([C@@H]2c3ccc(O)cc3CCN2Cc2ccccc2)cc1. The van der Waals surface area contributed by atoms with Crippen LogP contribution in [0.1, 0.15) is 53.6 Å². The monoisotopic (exact) mass is 357 g/mol. The summed E-state index contributed by atoms with van der Waals surface area (Å²) in [4.78, 5) is 2.55. The molecule has 3 aromatic rings. The van der Waals surface area contributed by atoms with E-state index in [-0.39, 0.29) is 6.04 Å². The Morgan fingerprint density at radius 1 is 0.963 bits per heavy atom. The van der Waals surface area contributed by atoms with E-state index in [0.717, 1.165) is 19.5 Å². The fraction of sp³-hybridized carbons (Fsp3) is 0.280. The Kier molecular flexibility index (Phi) is 5.00. The summed E-state index contributed by atoms with van der Waals surface area (Å²) < 4.78 is 0. The van der Waals surface area contributed by atoms with Crippen molar-refractivity contribution in [1.29, 1.82) is 0 Å². The topological polar surface area (TPSA) is 23.5 Å². The maximum Gasteiger partial charge on any atom is 0.115 e. The Morgan fingerprint density at radius 3 is 2.41 bits per heavy atom. The summed E-state index contributed by atoms with van der Waals surface area (Å²) in [5.74, 6) is 0.897. The van der Waals surface area contributed by atoms with Gasteiger partial charge in [-0.15, -0.1) is 0 Å². The van der Waals surface area contributed by atoms with Crippen molar-refractivity contribution in [1.82, 2.24) is 4.90 Å². The zero-order valence-corrected chi connectivity index (χ0v) is 16.1. The first-order valence-corrected chi connectivity index (χ1v) is 9.81. The summed E-state index contributed by atoms with van der Waals surface area (Å²) in [6.07, 6.45) is 0.969. The van der Waals surface area contributed by atoms with Crippen molar-refractivity contribution in [3.8, 4) is 5.75 Å². The van der Waals surface area contributed by atoms with Crippen LogP contribution in [0.25, 0.3) is 0 Å². The molecule has 0 saturated carbocycles. The van der Waals surface area contributed by atoms with Gasteiger partial charge in [0, 0.05) is 13.1 Å². The van der Waals surface area contributed by atoms with Crippen LogP contribution in [0.5, 0.6) is 5.75 Å². The number of benzene rings is 3. The first-order valence-electron chi connectivity index (χ1n) is 9.81. The summed E-state index contributed by atoms with van der Waals surface area (Å²) in [5.41, 5.74) is 6.60. The molecule has 0 spiro atoms. The molecule has 4 rings (SSSR count). The van der Waals surface area contributed by atoms with Crippen LogP contribution >= 0.6 is 0 Å². The van der Waals surface area contributed by atoms with E-state index in [1.54, 1.807) is 0 Å². The minimum absolute atomic E-state index is 0.218. The van der Waals surface area contributed by atoms with E-state index in [4.69, 9.17) is 0 Å². The molecule has 0 bridgehead atoms. The number of aromatic hydroxyl groups is 1. The van der Waals surface area contributed by atoms with E-state index in [1.807, 2.05) is 12.1 Å². The van der Waals surface area contributed by atoms with Crippen molar-refractivity contribution >= 4 is 0 Å². The zero-order chi connectivity index (χ0) is 18.8. The minimum Gasteiger partial charge on any atom is -0.508 e. The number of hydrogen-bond donors (Lipinski definition) is 1. The average Bonchev–Trinajstić information content (AvgIpc) is 2.69. The summed E-state index contributed by atoms with van der Waals surface area (Å²) >= 11 is 0. The summed E-state index contributed by atoms with van der Waals surface area (Å²) in [6, 6.07) is 25.8. The molecule has 0 unspecified atom stereocenters. The van der Waals surface area contributed by atoms with E-state index in [1.165, 1.54) is 27.8 Å². The molecule has 0 aliphatic carbocycles. The Morgan fingerprint density at radius 2 is 1.70 bits per heavy atom. The number of rotatable bonds is 4. The lowest BCUT2D eigenvalue weighted by molar-refractivity contribution is 0.204. The van der Waals surface area contributed by atoms with Crippen LogP contribution in [-0.2, 0) is 13.0 Å². The van der Waals surface area contributed by atoms with Crippen LogP contribution in [-0.4, -0.2) is 16.6 Å².